The highest BCUT2D eigenvalue weighted by Crippen LogP contribution is 2.35. The van der Waals surface area contributed by atoms with Crippen LogP contribution in [0.4, 0.5) is 0 Å². The van der Waals surface area contributed by atoms with E-state index in [0.717, 1.165) is 12.5 Å². The van der Waals surface area contributed by atoms with E-state index >= 15 is 0 Å². The van der Waals surface area contributed by atoms with Crippen molar-refractivity contribution in [3.05, 3.63) is 35.9 Å². The zero-order chi connectivity index (χ0) is 17.0. The number of carbonyl (C=O) groups excluding carboxylic acids is 2. The van der Waals surface area contributed by atoms with Gasteiger partial charge in [0, 0.05) is 17.3 Å². The lowest BCUT2D eigenvalue weighted by atomic mass is 10.0. The van der Waals surface area contributed by atoms with Crippen LogP contribution in [-0.2, 0) is 9.53 Å². The number of aromatic hydroxyl groups is 2. The summed E-state index contributed by atoms with van der Waals surface area (Å²) in [5.74, 6) is -1.72. The van der Waals surface area contributed by atoms with Crippen molar-refractivity contribution < 1.29 is 24.5 Å². The minimum atomic E-state index is -0.998. The van der Waals surface area contributed by atoms with Gasteiger partial charge in [-0.25, -0.2) is 4.79 Å². The molecule has 0 aliphatic carbocycles. The number of phenols is 2. The molecule has 1 amide bonds. The highest BCUT2D eigenvalue weighted by molar-refractivity contribution is 6.04. The third-order valence-electron chi connectivity index (χ3n) is 3.42. The summed E-state index contributed by atoms with van der Waals surface area (Å²) in [6.07, 6.45) is -0.229. The lowest BCUT2D eigenvalue weighted by Crippen LogP contribution is -2.36. The van der Waals surface area contributed by atoms with E-state index < -0.39 is 18.0 Å². The largest absolute Gasteiger partial charge is 0.507 e. The maximum absolute atomic E-state index is 12.2. The van der Waals surface area contributed by atoms with Gasteiger partial charge in [-0.2, -0.15) is 0 Å². The number of carbonyl (C=O) groups is 2. The summed E-state index contributed by atoms with van der Waals surface area (Å²) in [5.41, 5.74) is -0.184. The number of esters is 1. The lowest BCUT2D eigenvalue weighted by Gasteiger charge is -2.14. The maximum Gasteiger partial charge on any atom is 0.342 e. The van der Waals surface area contributed by atoms with Gasteiger partial charge < -0.3 is 20.3 Å². The first kappa shape index (κ1) is 16.6. The van der Waals surface area contributed by atoms with Crippen LogP contribution in [0.5, 0.6) is 11.5 Å². The Kier molecular flexibility index (Phi) is 5.05. The maximum atomic E-state index is 12.2. The van der Waals surface area contributed by atoms with Crippen LogP contribution in [0.15, 0.2) is 30.3 Å². The van der Waals surface area contributed by atoms with Crippen LogP contribution in [0.25, 0.3) is 10.8 Å². The van der Waals surface area contributed by atoms with Crippen molar-refractivity contribution in [1.82, 2.24) is 5.32 Å². The van der Waals surface area contributed by atoms with E-state index in [9.17, 15) is 19.8 Å². The van der Waals surface area contributed by atoms with E-state index in [1.54, 1.807) is 24.3 Å². The molecule has 23 heavy (non-hydrogen) atoms. The number of hydrogen-bond donors (Lipinski definition) is 3. The van der Waals surface area contributed by atoms with Crippen LogP contribution in [-0.4, -0.2) is 34.7 Å². The fourth-order valence-electron chi connectivity index (χ4n) is 2.17. The van der Waals surface area contributed by atoms with Gasteiger partial charge in [-0.3, -0.25) is 4.79 Å². The highest BCUT2D eigenvalue weighted by Gasteiger charge is 2.22. The number of hydrogen-bond acceptors (Lipinski definition) is 5. The summed E-state index contributed by atoms with van der Waals surface area (Å²) in [6.45, 7) is 3.84. The molecule has 0 aromatic heterocycles. The summed E-state index contributed by atoms with van der Waals surface area (Å²) in [5, 5.41) is 23.6. The first-order valence-electron chi connectivity index (χ1n) is 7.38. The van der Waals surface area contributed by atoms with Gasteiger partial charge in [0.05, 0.1) is 0 Å². The van der Waals surface area contributed by atoms with E-state index in [1.807, 2.05) is 6.92 Å². The second-order valence-corrected chi connectivity index (χ2v) is 5.18. The third kappa shape index (κ3) is 3.53. The smallest absolute Gasteiger partial charge is 0.342 e. The SMILES string of the molecule is CCCNC(=O)[C@H](C)OC(=O)c1cc(O)c2ccccc2c1O. The lowest BCUT2D eigenvalue weighted by molar-refractivity contribution is -0.129. The van der Waals surface area contributed by atoms with Crippen LogP contribution >= 0.6 is 0 Å². The fourth-order valence-corrected chi connectivity index (χ4v) is 2.17. The molecule has 6 nitrogen and oxygen atoms in total. The van der Waals surface area contributed by atoms with Crippen molar-refractivity contribution in [3.63, 3.8) is 0 Å². The summed E-state index contributed by atoms with van der Waals surface area (Å²) >= 11 is 0. The average molecular weight is 317 g/mol. The molecule has 2 rings (SSSR count). The molecule has 0 aliphatic heterocycles. The molecule has 6 heteroatoms. The molecular formula is C17H19NO5. The number of ether oxygens (including phenoxy) is 1. The van der Waals surface area contributed by atoms with E-state index in [0.29, 0.717) is 17.3 Å². The van der Waals surface area contributed by atoms with Crippen LogP contribution in [0.3, 0.4) is 0 Å². The monoisotopic (exact) mass is 317 g/mol. The molecule has 0 heterocycles. The Hall–Kier alpha value is -2.76. The van der Waals surface area contributed by atoms with Crippen LogP contribution in [0.2, 0.25) is 0 Å². The Morgan fingerprint density at radius 2 is 1.87 bits per heavy atom. The summed E-state index contributed by atoms with van der Waals surface area (Å²) in [4.78, 5) is 23.9. The molecule has 0 fully saturated rings. The number of phenolic OH excluding ortho intramolecular Hbond substituents is 2. The minimum absolute atomic E-state index is 0.145. The van der Waals surface area contributed by atoms with Crippen molar-refractivity contribution in [1.29, 1.82) is 0 Å². The predicted molar refractivity (Wildman–Crippen MR) is 85.5 cm³/mol. The molecule has 2 aromatic rings. The molecule has 0 spiro atoms. The number of fused-ring (bicyclic) bond motifs is 1. The number of nitrogens with one attached hydrogen (secondary N) is 1. The zero-order valence-corrected chi connectivity index (χ0v) is 13.0. The molecule has 0 saturated heterocycles. The quantitative estimate of drug-likeness (QED) is 0.581. The second-order valence-electron chi connectivity index (χ2n) is 5.18. The van der Waals surface area contributed by atoms with Crippen molar-refractivity contribution in [2.45, 2.75) is 26.4 Å². The van der Waals surface area contributed by atoms with E-state index in [4.69, 9.17) is 4.74 Å². The van der Waals surface area contributed by atoms with Gasteiger partial charge in [-0.15, -0.1) is 0 Å². The molecule has 0 bridgehead atoms. The number of rotatable bonds is 5. The van der Waals surface area contributed by atoms with Crippen molar-refractivity contribution >= 4 is 22.6 Å². The molecule has 0 radical (unpaired) electrons. The van der Waals surface area contributed by atoms with Gasteiger partial charge >= 0.3 is 5.97 Å². The number of amides is 1. The minimum Gasteiger partial charge on any atom is -0.507 e. The first-order chi connectivity index (χ1) is 11.0. The molecule has 1 atom stereocenters. The third-order valence-corrected chi connectivity index (χ3v) is 3.42. The topological polar surface area (TPSA) is 95.9 Å². The standard InChI is InChI=1S/C17H19NO5/c1-3-8-18-16(21)10(2)23-17(22)13-9-14(19)11-6-4-5-7-12(11)15(13)20/h4-7,9-10,19-20H,3,8H2,1-2H3,(H,18,21)/t10-/m0/s1. The molecule has 3 N–H and O–H groups in total. The van der Waals surface area contributed by atoms with E-state index in [-0.39, 0.29) is 17.1 Å². The van der Waals surface area contributed by atoms with Crippen LogP contribution in [0, 0.1) is 0 Å². The summed E-state index contributed by atoms with van der Waals surface area (Å²) < 4.78 is 5.06. The summed E-state index contributed by atoms with van der Waals surface area (Å²) in [6, 6.07) is 7.73. The van der Waals surface area contributed by atoms with Gasteiger partial charge in [-0.1, -0.05) is 31.2 Å². The Morgan fingerprint density at radius 3 is 2.52 bits per heavy atom. The molecule has 0 saturated carbocycles. The van der Waals surface area contributed by atoms with Gasteiger partial charge in [0.2, 0.25) is 0 Å². The molecule has 0 unspecified atom stereocenters. The molecular weight excluding hydrogens is 298 g/mol. The van der Waals surface area contributed by atoms with Crippen molar-refractivity contribution in [3.8, 4) is 11.5 Å². The van der Waals surface area contributed by atoms with Crippen molar-refractivity contribution in [2.24, 2.45) is 0 Å². The average Bonchev–Trinajstić information content (AvgIpc) is 2.55. The normalized spacial score (nSPS) is 11.9. The molecule has 2 aromatic carbocycles. The second kappa shape index (κ2) is 7.00. The summed E-state index contributed by atoms with van der Waals surface area (Å²) in [7, 11) is 0. The molecule has 0 aliphatic rings. The van der Waals surface area contributed by atoms with Gasteiger partial charge in [0.1, 0.15) is 17.1 Å². The highest BCUT2D eigenvalue weighted by atomic mass is 16.5. The van der Waals surface area contributed by atoms with Gasteiger partial charge in [-0.05, 0) is 19.4 Å². The Labute approximate surface area is 133 Å². The van der Waals surface area contributed by atoms with Gasteiger partial charge in [0.25, 0.3) is 5.91 Å². The fraction of sp³-hybridized carbons (Fsp3) is 0.294. The number of benzene rings is 2. The van der Waals surface area contributed by atoms with Crippen LogP contribution in [0.1, 0.15) is 30.6 Å². The predicted octanol–water partition coefficient (Wildman–Crippen LogP) is 2.32. The van der Waals surface area contributed by atoms with Gasteiger partial charge in [0.15, 0.2) is 6.10 Å². The van der Waals surface area contributed by atoms with Crippen LogP contribution < -0.4 is 5.32 Å². The van der Waals surface area contributed by atoms with E-state index in [1.165, 1.54) is 6.92 Å². The zero-order valence-electron chi connectivity index (χ0n) is 13.0. The Morgan fingerprint density at radius 1 is 1.22 bits per heavy atom. The van der Waals surface area contributed by atoms with E-state index in [2.05, 4.69) is 5.32 Å². The van der Waals surface area contributed by atoms with Crippen molar-refractivity contribution in [2.75, 3.05) is 6.54 Å². The Bertz CT molecular complexity index is 741. The Balaban J connectivity index is 2.24. The first-order valence-corrected chi connectivity index (χ1v) is 7.38. The molecule has 122 valence electrons.